The third kappa shape index (κ3) is 6.49. The highest BCUT2D eigenvalue weighted by Gasteiger charge is 2.25. The molecule has 0 unspecified atom stereocenters. The van der Waals surface area contributed by atoms with Crippen LogP contribution in [0.4, 0.5) is 17.1 Å². The van der Waals surface area contributed by atoms with E-state index in [0.29, 0.717) is 0 Å². The van der Waals surface area contributed by atoms with E-state index in [4.69, 9.17) is 0 Å². The Labute approximate surface area is 351 Å². The third-order valence-electron chi connectivity index (χ3n) is 12.2. The van der Waals surface area contributed by atoms with Crippen LogP contribution in [0.5, 0.6) is 0 Å². The van der Waals surface area contributed by atoms with Crippen LogP contribution in [0.15, 0.2) is 231 Å². The maximum atomic E-state index is 2.47. The van der Waals surface area contributed by atoms with Gasteiger partial charge in [0, 0.05) is 33.7 Å². The van der Waals surface area contributed by atoms with E-state index >= 15 is 0 Å². The lowest BCUT2D eigenvalue weighted by Gasteiger charge is -2.26. The minimum Gasteiger partial charge on any atom is -0.311 e. The number of aromatic nitrogens is 1. The Morgan fingerprint density at radius 2 is 0.700 bits per heavy atom. The predicted molar refractivity (Wildman–Crippen MR) is 253 cm³/mol. The Hall–Kier alpha value is -7.68. The molecule has 1 aliphatic carbocycles. The van der Waals surface area contributed by atoms with Crippen LogP contribution in [0.25, 0.3) is 72.4 Å². The average molecular weight is 767 g/mol. The first-order valence-electron chi connectivity index (χ1n) is 20.9. The van der Waals surface area contributed by atoms with Crippen LogP contribution in [0.1, 0.15) is 11.1 Å². The summed E-state index contributed by atoms with van der Waals surface area (Å²) in [6.07, 6.45) is 2.15. The number of rotatable bonds is 8. The van der Waals surface area contributed by atoms with Crippen molar-refractivity contribution in [3.63, 3.8) is 0 Å². The van der Waals surface area contributed by atoms with Crippen LogP contribution in [0.3, 0.4) is 0 Å². The molecule has 284 valence electrons. The fourth-order valence-corrected chi connectivity index (χ4v) is 9.12. The highest BCUT2D eigenvalue weighted by molar-refractivity contribution is 5.95. The van der Waals surface area contributed by atoms with Crippen molar-refractivity contribution in [2.24, 2.45) is 0 Å². The SMILES string of the molecule is c1ccc(-c2ccc(N(c3ccc(-c4ccccc4)cc3)c3ccc(-c4ccc(-c5ccc(-n6c7c(c8ccccc86)CCc6ccccc6-7)cc5)cc4)cc3)cc2)cc1. The fraction of sp³-hybridized carbons (Fsp3) is 0.0345. The average Bonchev–Trinajstić information content (AvgIpc) is 3.68. The first-order chi connectivity index (χ1) is 29.7. The van der Waals surface area contributed by atoms with Crippen molar-refractivity contribution >= 4 is 28.0 Å². The number of para-hydroxylation sites is 1. The molecule has 0 aliphatic heterocycles. The van der Waals surface area contributed by atoms with Gasteiger partial charge < -0.3 is 9.47 Å². The minimum atomic E-state index is 1.07. The molecular weight excluding hydrogens is 725 g/mol. The van der Waals surface area contributed by atoms with Gasteiger partial charge in [0.2, 0.25) is 0 Å². The number of benzene rings is 9. The molecule has 10 aromatic rings. The molecule has 1 aromatic heterocycles. The lowest BCUT2D eigenvalue weighted by Crippen LogP contribution is -2.09. The van der Waals surface area contributed by atoms with Gasteiger partial charge >= 0.3 is 0 Å². The van der Waals surface area contributed by atoms with Crippen molar-refractivity contribution in [1.82, 2.24) is 4.57 Å². The zero-order valence-electron chi connectivity index (χ0n) is 33.2. The minimum absolute atomic E-state index is 1.07. The van der Waals surface area contributed by atoms with Crippen molar-refractivity contribution in [1.29, 1.82) is 0 Å². The van der Waals surface area contributed by atoms with Crippen LogP contribution >= 0.6 is 0 Å². The summed E-state index contributed by atoms with van der Waals surface area (Å²) in [5.41, 5.74) is 21.0. The number of anilines is 3. The van der Waals surface area contributed by atoms with E-state index in [-0.39, 0.29) is 0 Å². The first-order valence-corrected chi connectivity index (χ1v) is 20.9. The van der Waals surface area contributed by atoms with Gasteiger partial charge in [-0.2, -0.15) is 0 Å². The molecule has 0 saturated carbocycles. The standard InChI is InChI=1S/C58H42N2/c1-3-11-41(12-4-1)45-23-32-50(33-24-45)59(51-34-25-46(26-35-51)42-13-5-2-6-14-42)52-36-27-47(28-37-52)43-19-21-44(22-20-43)48-29-38-53(39-30-48)60-57-18-10-9-17-55(57)56-40-31-49-15-7-8-16-54(49)58(56)60/h1-30,32-39H,31,40H2. The first kappa shape index (κ1) is 35.5. The molecule has 0 saturated heterocycles. The zero-order chi connectivity index (χ0) is 39.8. The van der Waals surface area contributed by atoms with Gasteiger partial charge in [0.1, 0.15) is 0 Å². The van der Waals surface area contributed by atoms with Crippen molar-refractivity contribution in [3.8, 4) is 61.5 Å². The molecular formula is C58H42N2. The van der Waals surface area contributed by atoms with Crippen molar-refractivity contribution < 1.29 is 0 Å². The van der Waals surface area contributed by atoms with Gasteiger partial charge in [0.25, 0.3) is 0 Å². The maximum absolute atomic E-state index is 2.47. The molecule has 0 spiro atoms. The smallest absolute Gasteiger partial charge is 0.0575 e. The molecule has 0 fully saturated rings. The predicted octanol–water partition coefficient (Wildman–Crippen LogP) is 15.5. The van der Waals surface area contributed by atoms with Crippen molar-refractivity contribution in [2.45, 2.75) is 12.8 Å². The second-order valence-corrected chi connectivity index (χ2v) is 15.7. The van der Waals surface area contributed by atoms with E-state index in [1.165, 1.54) is 83.5 Å². The summed E-state index contributed by atoms with van der Waals surface area (Å²) >= 11 is 0. The normalized spacial score (nSPS) is 11.9. The molecule has 1 heterocycles. The molecule has 2 heteroatoms. The largest absolute Gasteiger partial charge is 0.311 e. The van der Waals surface area contributed by atoms with Crippen molar-refractivity contribution in [2.75, 3.05) is 4.90 Å². The number of nitrogens with zero attached hydrogens (tertiary/aromatic N) is 2. The van der Waals surface area contributed by atoms with E-state index < -0.39 is 0 Å². The summed E-state index contributed by atoms with van der Waals surface area (Å²) in [6, 6.07) is 83.7. The Bertz CT molecular complexity index is 2990. The summed E-state index contributed by atoms with van der Waals surface area (Å²) < 4.78 is 2.47. The molecule has 60 heavy (non-hydrogen) atoms. The molecule has 2 nitrogen and oxygen atoms in total. The van der Waals surface area contributed by atoms with Gasteiger partial charge in [-0.3, -0.25) is 0 Å². The molecule has 9 aromatic carbocycles. The van der Waals surface area contributed by atoms with Gasteiger partial charge in [-0.1, -0.05) is 176 Å². The quantitative estimate of drug-likeness (QED) is 0.150. The number of hydrogen-bond acceptors (Lipinski definition) is 1. The topological polar surface area (TPSA) is 8.17 Å². The molecule has 0 amide bonds. The third-order valence-corrected chi connectivity index (χ3v) is 12.2. The summed E-state index contributed by atoms with van der Waals surface area (Å²) in [6.45, 7) is 0. The molecule has 11 rings (SSSR count). The van der Waals surface area contributed by atoms with Crippen LogP contribution in [-0.2, 0) is 12.8 Å². The van der Waals surface area contributed by atoms with Crippen LogP contribution < -0.4 is 4.90 Å². The monoisotopic (exact) mass is 766 g/mol. The Kier molecular flexibility index (Phi) is 9.02. The van der Waals surface area contributed by atoms with E-state index in [1.54, 1.807) is 0 Å². The molecule has 0 radical (unpaired) electrons. The summed E-state index contributed by atoms with van der Waals surface area (Å²) in [5, 5.41) is 1.36. The molecule has 1 aliphatic rings. The summed E-state index contributed by atoms with van der Waals surface area (Å²) in [5.74, 6) is 0. The summed E-state index contributed by atoms with van der Waals surface area (Å²) in [7, 11) is 0. The van der Waals surface area contributed by atoms with E-state index in [2.05, 4.69) is 240 Å². The highest BCUT2D eigenvalue weighted by Crippen LogP contribution is 2.42. The molecule has 0 bridgehead atoms. The molecule has 0 N–H and O–H groups in total. The Balaban J connectivity index is 0.875. The van der Waals surface area contributed by atoms with Gasteiger partial charge in [-0.25, -0.2) is 0 Å². The highest BCUT2D eigenvalue weighted by atomic mass is 15.1. The van der Waals surface area contributed by atoms with Gasteiger partial charge in [0.05, 0.1) is 11.2 Å². The Morgan fingerprint density at radius 1 is 0.317 bits per heavy atom. The number of fused-ring (bicyclic) bond motifs is 5. The zero-order valence-corrected chi connectivity index (χ0v) is 33.2. The number of hydrogen-bond donors (Lipinski definition) is 0. The summed E-state index contributed by atoms with van der Waals surface area (Å²) in [4.78, 5) is 2.34. The van der Waals surface area contributed by atoms with Gasteiger partial charge in [0.15, 0.2) is 0 Å². The lowest BCUT2D eigenvalue weighted by atomic mass is 9.89. The second-order valence-electron chi connectivity index (χ2n) is 15.7. The van der Waals surface area contributed by atoms with Crippen molar-refractivity contribution in [3.05, 3.63) is 242 Å². The van der Waals surface area contributed by atoms with E-state index in [9.17, 15) is 0 Å². The van der Waals surface area contributed by atoms with E-state index in [0.717, 1.165) is 29.9 Å². The van der Waals surface area contributed by atoms with Gasteiger partial charge in [-0.05, 0) is 123 Å². The maximum Gasteiger partial charge on any atom is 0.0575 e. The Morgan fingerprint density at radius 3 is 1.20 bits per heavy atom. The van der Waals surface area contributed by atoms with Crippen LogP contribution in [0.2, 0.25) is 0 Å². The van der Waals surface area contributed by atoms with Crippen LogP contribution in [0, 0.1) is 0 Å². The van der Waals surface area contributed by atoms with Gasteiger partial charge in [-0.15, -0.1) is 0 Å². The second kappa shape index (κ2) is 15.2. The molecule has 0 atom stereocenters. The number of aryl methyl sites for hydroxylation is 2. The van der Waals surface area contributed by atoms with E-state index in [1.807, 2.05) is 0 Å². The fourth-order valence-electron chi connectivity index (χ4n) is 9.12. The van der Waals surface area contributed by atoms with Crippen LogP contribution in [-0.4, -0.2) is 4.57 Å². The lowest BCUT2D eigenvalue weighted by molar-refractivity contribution is 0.934.